The van der Waals surface area contributed by atoms with Gasteiger partial charge >= 0.3 is 0 Å². The van der Waals surface area contributed by atoms with E-state index in [1.54, 1.807) is 6.92 Å². The maximum absolute atomic E-state index is 7.57. The lowest BCUT2D eigenvalue weighted by atomic mass is 9.63. The Hall–Kier alpha value is -1.19. The standard InChI is InChI=1S/C26H37NS.C3H8.C2H6O/c1-6-18-8-7-9-19(11-10-18)24-27-23(17-28-24)20-12-13-21-22(16-20)26(4,5)15-14-25(21,2)3;1-3-2;1-2-3/h12-13,16-19H,6-11,14-15H2,1-5H3;3H2,1-2H3;3H,2H2,1H3. The van der Waals surface area contributed by atoms with Crippen LogP contribution in [0.2, 0.25) is 0 Å². The monoisotopic (exact) mass is 485 g/mol. The molecule has 0 spiro atoms. The first-order chi connectivity index (χ1) is 16.1. The Labute approximate surface area is 214 Å². The van der Waals surface area contributed by atoms with Crippen LogP contribution in [-0.4, -0.2) is 16.7 Å². The number of aliphatic hydroxyl groups excluding tert-OH is 1. The van der Waals surface area contributed by atoms with Crippen molar-refractivity contribution in [2.45, 2.75) is 130 Å². The average Bonchev–Trinajstić information content (AvgIpc) is 3.16. The molecule has 0 bridgehead atoms. The summed E-state index contributed by atoms with van der Waals surface area (Å²) in [6.45, 7) is 18.2. The van der Waals surface area contributed by atoms with Gasteiger partial charge in [0.25, 0.3) is 0 Å². The molecule has 2 aromatic rings. The van der Waals surface area contributed by atoms with Gasteiger partial charge in [-0.3, -0.25) is 0 Å². The van der Waals surface area contributed by atoms with Crippen LogP contribution in [0.25, 0.3) is 11.3 Å². The van der Waals surface area contributed by atoms with Crippen LogP contribution >= 0.6 is 11.3 Å². The van der Waals surface area contributed by atoms with Crippen molar-refractivity contribution >= 4 is 11.3 Å². The molecule has 2 nitrogen and oxygen atoms in total. The molecule has 0 amide bonds. The van der Waals surface area contributed by atoms with Gasteiger partial charge in [-0.15, -0.1) is 11.3 Å². The van der Waals surface area contributed by atoms with Crippen LogP contribution in [0.4, 0.5) is 0 Å². The Balaban J connectivity index is 0.000000618. The number of benzene rings is 1. The summed E-state index contributed by atoms with van der Waals surface area (Å²) < 4.78 is 0. The second-order valence-electron chi connectivity index (χ2n) is 11.6. The van der Waals surface area contributed by atoms with Gasteiger partial charge in [-0.25, -0.2) is 4.98 Å². The van der Waals surface area contributed by atoms with Gasteiger partial charge in [-0.1, -0.05) is 86.3 Å². The molecule has 1 saturated carbocycles. The third-order valence-electron chi connectivity index (χ3n) is 7.69. The van der Waals surface area contributed by atoms with Gasteiger partial charge in [0, 0.05) is 23.5 Å². The molecule has 1 fully saturated rings. The van der Waals surface area contributed by atoms with Crippen molar-refractivity contribution in [3.8, 4) is 11.3 Å². The van der Waals surface area contributed by atoms with Gasteiger partial charge < -0.3 is 5.11 Å². The highest BCUT2D eigenvalue weighted by atomic mass is 32.1. The molecule has 3 heteroatoms. The minimum Gasteiger partial charge on any atom is -0.397 e. The molecule has 192 valence electrons. The highest BCUT2D eigenvalue weighted by Gasteiger charge is 2.37. The fourth-order valence-electron chi connectivity index (χ4n) is 5.39. The third-order valence-corrected chi connectivity index (χ3v) is 8.69. The molecule has 2 aliphatic rings. The van der Waals surface area contributed by atoms with Crippen molar-refractivity contribution < 1.29 is 5.11 Å². The van der Waals surface area contributed by atoms with Gasteiger partial charge in [0.2, 0.25) is 0 Å². The van der Waals surface area contributed by atoms with Gasteiger partial charge in [-0.05, 0) is 73.0 Å². The van der Waals surface area contributed by atoms with Crippen LogP contribution in [0.5, 0.6) is 0 Å². The predicted molar refractivity (Wildman–Crippen MR) is 151 cm³/mol. The minimum atomic E-state index is 0.250. The first-order valence-corrected chi connectivity index (χ1v) is 14.7. The second kappa shape index (κ2) is 13.2. The van der Waals surface area contributed by atoms with Crippen molar-refractivity contribution in [2.75, 3.05) is 6.61 Å². The van der Waals surface area contributed by atoms with Crippen molar-refractivity contribution in [3.05, 3.63) is 39.7 Å². The topological polar surface area (TPSA) is 33.1 Å². The summed E-state index contributed by atoms with van der Waals surface area (Å²) in [5.74, 6) is 1.62. The molecular weight excluding hydrogens is 434 g/mol. The van der Waals surface area contributed by atoms with Gasteiger partial charge in [-0.2, -0.15) is 0 Å². The Morgan fingerprint density at radius 2 is 1.53 bits per heavy atom. The highest BCUT2D eigenvalue weighted by molar-refractivity contribution is 7.10. The van der Waals surface area contributed by atoms with Crippen LogP contribution in [0.3, 0.4) is 0 Å². The highest BCUT2D eigenvalue weighted by Crippen LogP contribution is 2.47. The molecule has 1 N–H and O–H groups in total. The summed E-state index contributed by atoms with van der Waals surface area (Å²) in [6, 6.07) is 7.17. The van der Waals surface area contributed by atoms with Gasteiger partial charge in [0.05, 0.1) is 10.7 Å². The zero-order chi connectivity index (χ0) is 25.4. The quantitative estimate of drug-likeness (QED) is 0.439. The normalized spacial score (nSPS) is 22.9. The van der Waals surface area contributed by atoms with E-state index in [1.807, 2.05) is 11.3 Å². The second-order valence-corrected chi connectivity index (χ2v) is 12.5. The molecule has 1 aromatic carbocycles. The van der Waals surface area contributed by atoms with Crippen LogP contribution in [-0.2, 0) is 10.8 Å². The van der Waals surface area contributed by atoms with E-state index in [-0.39, 0.29) is 17.4 Å². The van der Waals surface area contributed by atoms with E-state index in [0.29, 0.717) is 5.92 Å². The molecule has 1 heterocycles. The van der Waals surface area contributed by atoms with Crippen LogP contribution in [0.1, 0.15) is 135 Å². The average molecular weight is 486 g/mol. The Morgan fingerprint density at radius 1 is 0.912 bits per heavy atom. The Bertz CT molecular complexity index is 864. The maximum Gasteiger partial charge on any atom is 0.0963 e. The van der Waals surface area contributed by atoms with Crippen molar-refractivity contribution in [3.63, 3.8) is 0 Å². The van der Waals surface area contributed by atoms with Crippen molar-refractivity contribution in [1.29, 1.82) is 0 Å². The number of aromatic nitrogens is 1. The van der Waals surface area contributed by atoms with Crippen molar-refractivity contribution in [2.24, 2.45) is 5.92 Å². The Kier molecular flexibility index (Phi) is 11.3. The molecule has 34 heavy (non-hydrogen) atoms. The third kappa shape index (κ3) is 7.40. The lowest BCUT2D eigenvalue weighted by Crippen LogP contribution is -2.33. The van der Waals surface area contributed by atoms with Crippen molar-refractivity contribution in [1.82, 2.24) is 4.98 Å². The minimum absolute atomic E-state index is 0.250. The number of nitrogens with zero attached hydrogens (tertiary/aromatic N) is 1. The SMILES string of the molecule is CCC.CCC1CCCC(c2nc(-c3ccc4c(c3)C(C)(C)CCC4(C)C)cs2)CC1.CCO. The molecule has 0 saturated heterocycles. The predicted octanol–water partition coefficient (Wildman–Crippen LogP) is 9.65. The number of aliphatic hydroxyl groups is 1. The smallest absolute Gasteiger partial charge is 0.0963 e. The fourth-order valence-corrected chi connectivity index (χ4v) is 6.39. The first-order valence-electron chi connectivity index (χ1n) is 13.8. The number of fused-ring (bicyclic) bond motifs is 1. The molecular formula is C31H51NOS. The number of hydrogen-bond acceptors (Lipinski definition) is 3. The van der Waals surface area contributed by atoms with Crippen LogP contribution in [0.15, 0.2) is 23.6 Å². The first kappa shape index (κ1) is 29.0. The van der Waals surface area contributed by atoms with E-state index in [9.17, 15) is 0 Å². The van der Waals surface area contributed by atoms with E-state index >= 15 is 0 Å². The lowest BCUT2D eigenvalue weighted by molar-refractivity contribution is 0.318. The molecule has 4 rings (SSSR count). The van der Waals surface area contributed by atoms with Crippen LogP contribution in [0, 0.1) is 5.92 Å². The number of rotatable bonds is 3. The zero-order valence-electron chi connectivity index (χ0n) is 23.3. The molecule has 1 aromatic heterocycles. The van der Waals surface area contributed by atoms with E-state index < -0.39 is 0 Å². The lowest BCUT2D eigenvalue weighted by Gasteiger charge is -2.42. The summed E-state index contributed by atoms with van der Waals surface area (Å²) in [7, 11) is 0. The molecule has 2 aliphatic carbocycles. The summed E-state index contributed by atoms with van der Waals surface area (Å²) >= 11 is 1.89. The Morgan fingerprint density at radius 3 is 2.15 bits per heavy atom. The molecule has 2 atom stereocenters. The summed E-state index contributed by atoms with van der Waals surface area (Å²) in [5, 5.41) is 11.3. The van der Waals surface area contributed by atoms with E-state index in [0.717, 1.165) is 5.92 Å². The van der Waals surface area contributed by atoms with Crippen LogP contribution < -0.4 is 0 Å². The number of hydrogen-bond donors (Lipinski definition) is 1. The zero-order valence-corrected chi connectivity index (χ0v) is 24.2. The summed E-state index contributed by atoms with van der Waals surface area (Å²) in [6.07, 6.45) is 12.0. The summed E-state index contributed by atoms with van der Waals surface area (Å²) in [4.78, 5) is 5.15. The van der Waals surface area contributed by atoms with Gasteiger partial charge in [0.1, 0.15) is 0 Å². The van der Waals surface area contributed by atoms with E-state index in [1.165, 1.54) is 85.2 Å². The molecule has 0 radical (unpaired) electrons. The molecule has 2 unspecified atom stereocenters. The summed E-state index contributed by atoms with van der Waals surface area (Å²) in [5.41, 5.74) is 6.13. The van der Waals surface area contributed by atoms with Gasteiger partial charge in [0.15, 0.2) is 0 Å². The largest absolute Gasteiger partial charge is 0.397 e. The number of thiazole rings is 1. The fraction of sp³-hybridized carbons (Fsp3) is 0.710. The van der Waals surface area contributed by atoms with E-state index in [4.69, 9.17) is 10.1 Å². The maximum atomic E-state index is 7.57. The van der Waals surface area contributed by atoms with E-state index in [2.05, 4.69) is 72.0 Å². The molecule has 0 aliphatic heterocycles.